The van der Waals surface area contributed by atoms with Crippen LogP contribution in [0.5, 0.6) is 0 Å². The molecule has 2 aromatic rings. The number of aryl methyl sites for hydroxylation is 1. The molecule has 0 atom stereocenters. The molecule has 1 aliphatic rings. The molecule has 5 heteroatoms. The largest absolute Gasteiger partial charge is 0.422 e. The second-order valence-electron chi connectivity index (χ2n) is 6.38. The lowest BCUT2D eigenvalue weighted by Gasteiger charge is -2.24. The van der Waals surface area contributed by atoms with Crippen molar-refractivity contribution in [1.29, 1.82) is 0 Å². The Labute approximate surface area is 142 Å². The predicted molar refractivity (Wildman–Crippen MR) is 96.0 cm³/mol. The van der Waals surface area contributed by atoms with Gasteiger partial charge in [-0.05, 0) is 38.5 Å². The van der Waals surface area contributed by atoms with E-state index in [4.69, 9.17) is 9.15 Å². The minimum Gasteiger partial charge on any atom is -0.422 e. The van der Waals surface area contributed by atoms with E-state index in [-0.39, 0.29) is 5.63 Å². The van der Waals surface area contributed by atoms with Gasteiger partial charge < -0.3 is 19.0 Å². The van der Waals surface area contributed by atoms with Crippen LogP contribution in [0.1, 0.15) is 25.0 Å². The Balaban J connectivity index is 1.97. The summed E-state index contributed by atoms with van der Waals surface area (Å²) >= 11 is 0. The fourth-order valence-corrected chi connectivity index (χ4v) is 3.46. The molecule has 0 radical (unpaired) electrons. The van der Waals surface area contributed by atoms with Crippen LogP contribution in [0.2, 0.25) is 0 Å². The van der Waals surface area contributed by atoms with Crippen molar-refractivity contribution in [3.8, 4) is 0 Å². The lowest BCUT2D eigenvalue weighted by Crippen LogP contribution is -3.13. The van der Waals surface area contributed by atoms with Crippen LogP contribution in [0.15, 0.2) is 27.4 Å². The van der Waals surface area contributed by atoms with Crippen LogP contribution in [0.25, 0.3) is 11.0 Å². The Hall–Kier alpha value is -1.85. The lowest BCUT2D eigenvalue weighted by molar-refractivity contribution is -0.921. The molecule has 24 heavy (non-hydrogen) atoms. The molecule has 1 N–H and O–H groups in total. The van der Waals surface area contributed by atoms with Gasteiger partial charge in [0.05, 0.1) is 18.8 Å². The minimum atomic E-state index is -0.198. The summed E-state index contributed by atoms with van der Waals surface area (Å²) in [5, 5.41) is 1.04. The number of hydrogen-bond acceptors (Lipinski definition) is 4. The molecule has 0 amide bonds. The quantitative estimate of drug-likeness (QED) is 0.841. The standard InChI is InChI=1S/C19H26N2O3/c1-4-21(5-2)15-6-7-16-14(3)17(19(22)24-18(16)12-15)13-20-8-10-23-11-9-20/h6-7,12H,4-5,8-11,13H2,1-3H3/p+1. The van der Waals surface area contributed by atoms with Crippen molar-refractivity contribution in [2.24, 2.45) is 0 Å². The zero-order valence-corrected chi connectivity index (χ0v) is 14.9. The van der Waals surface area contributed by atoms with Crippen molar-refractivity contribution in [2.45, 2.75) is 27.3 Å². The SMILES string of the molecule is CCN(CC)c1ccc2c(C)c(C[NH+]3CCOCC3)c(=O)oc2c1. The molecule has 0 saturated carbocycles. The summed E-state index contributed by atoms with van der Waals surface area (Å²) in [5.41, 5.74) is 3.43. The summed E-state index contributed by atoms with van der Waals surface area (Å²) < 4.78 is 11.1. The molecular weight excluding hydrogens is 304 g/mol. The van der Waals surface area contributed by atoms with Crippen molar-refractivity contribution in [3.63, 3.8) is 0 Å². The molecule has 130 valence electrons. The normalized spacial score (nSPS) is 15.8. The number of fused-ring (bicyclic) bond motifs is 1. The van der Waals surface area contributed by atoms with E-state index in [0.29, 0.717) is 12.1 Å². The van der Waals surface area contributed by atoms with Gasteiger partial charge in [-0.2, -0.15) is 0 Å². The van der Waals surface area contributed by atoms with Gasteiger partial charge >= 0.3 is 5.63 Å². The van der Waals surface area contributed by atoms with Gasteiger partial charge in [-0.1, -0.05) is 0 Å². The number of nitrogens with zero attached hydrogens (tertiary/aromatic N) is 1. The summed E-state index contributed by atoms with van der Waals surface area (Å²) in [4.78, 5) is 16.2. The van der Waals surface area contributed by atoms with Crippen molar-refractivity contribution >= 4 is 16.7 Å². The second kappa shape index (κ2) is 7.36. The zero-order valence-electron chi connectivity index (χ0n) is 14.9. The summed E-state index contributed by atoms with van der Waals surface area (Å²) in [6.07, 6.45) is 0. The Morgan fingerprint density at radius 1 is 1.17 bits per heavy atom. The predicted octanol–water partition coefficient (Wildman–Crippen LogP) is 1.36. The summed E-state index contributed by atoms with van der Waals surface area (Å²) in [6, 6.07) is 6.19. The van der Waals surface area contributed by atoms with E-state index in [1.54, 1.807) is 0 Å². The zero-order chi connectivity index (χ0) is 17.1. The second-order valence-corrected chi connectivity index (χ2v) is 6.38. The monoisotopic (exact) mass is 331 g/mol. The van der Waals surface area contributed by atoms with Gasteiger partial charge in [-0.25, -0.2) is 4.79 Å². The van der Waals surface area contributed by atoms with E-state index in [1.165, 1.54) is 4.90 Å². The molecule has 1 aromatic carbocycles. The first-order chi connectivity index (χ1) is 11.6. The van der Waals surface area contributed by atoms with Crippen LogP contribution in [0, 0.1) is 6.92 Å². The summed E-state index contributed by atoms with van der Waals surface area (Å²) in [6.45, 7) is 12.3. The molecule has 0 spiro atoms. The van der Waals surface area contributed by atoms with Gasteiger partial charge in [0.25, 0.3) is 0 Å². The number of ether oxygens (including phenoxy) is 1. The van der Waals surface area contributed by atoms with E-state index in [0.717, 1.165) is 61.6 Å². The molecule has 1 saturated heterocycles. The van der Waals surface area contributed by atoms with Crippen molar-refractivity contribution < 1.29 is 14.1 Å². The first-order valence-electron chi connectivity index (χ1n) is 8.86. The van der Waals surface area contributed by atoms with Gasteiger partial charge in [0.2, 0.25) is 0 Å². The van der Waals surface area contributed by atoms with Gasteiger partial charge in [0, 0.05) is 30.2 Å². The smallest absolute Gasteiger partial charge is 0.345 e. The highest BCUT2D eigenvalue weighted by Crippen LogP contribution is 2.24. The number of morpholine rings is 1. The highest BCUT2D eigenvalue weighted by Gasteiger charge is 2.20. The number of nitrogens with one attached hydrogen (secondary N) is 1. The van der Waals surface area contributed by atoms with Gasteiger partial charge in [0.15, 0.2) is 0 Å². The van der Waals surface area contributed by atoms with E-state index in [1.807, 2.05) is 13.0 Å². The van der Waals surface area contributed by atoms with Gasteiger partial charge in [-0.15, -0.1) is 0 Å². The van der Waals surface area contributed by atoms with Crippen molar-refractivity contribution in [3.05, 3.63) is 39.7 Å². The third-order valence-electron chi connectivity index (χ3n) is 5.03. The topological polar surface area (TPSA) is 47.1 Å². The van der Waals surface area contributed by atoms with Crippen LogP contribution in [-0.2, 0) is 11.3 Å². The molecular formula is C19H27N2O3+. The number of anilines is 1. The maximum atomic E-state index is 12.5. The first-order valence-corrected chi connectivity index (χ1v) is 8.86. The minimum absolute atomic E-state index is 0.198. The van der Waals surface area contributed by atoms with Gasteiger partial charge in [-0.3, -0.25) is 0 Å². The molecule has 0 aliphatic carbocycles. The Bertz CT molecular complexity index is 759. The number of hydrogen-bond donors (Lipinski definition) is 1. The molecule has 2 heterocycles. The third-order valence-corrected chi connectivity index (χ3v) is 5.03. The van der Waals surface area contributed by atoms with Crippen LogP contribution in [0.4, 0.5) is 5.69 Å². The summed E-state index contributed by atoms with van der Waals surface area (Å²) in [7, 11) is 0. The molecule has 0 bridgehead atoms. The van der Waals surface area contributed by atoms with E-state index < -0.39 is 0 Å². The highest BCUT2D eigenvalue weighted by molar-refractivity contribution is 5.84. The first kappa shape index (κ1) is 17.0. The maximum Gasteiger partial charge on any atom is 0.345 e. The number of benzene rings is 1. The van der Waals surface area contributed by atoms with E-state index in [2.05, 4.69) is 30.9 Å². The fourth-order valence-electron chi connectivity index (χ4n) is 3.46. The summed E-state index contributed by atoms with van der Waals surface area (Å²) in [5.74, 6) is 0. The van der Waals surface area contributed by atoms with Crippen LogP contribution >= 0.6 is 0 Å². The molecule has 5 nitrogen and oxygen atoms in total. The Morgan fingerprint density at radius 2 is 1.88 bits per heavy atom. The van der Waals surface area contributed by atoms with Crippen molar-refractivity contribution in [1.82, 2.24) is 0 Å². The van der Waals surface area contributed by atoms with Crippen LogP contribution < -0.4 is 15.4 Å². The highest BCUT2D eigenvalue weighted by atomic mass is 16.5. The van der Waals surface area contributed by atoms with Crippen LogP contribution in [0.3, 0.4) is 0 Å². The van der Waals surface area contributed by atoms with Crippen molar-refractivity contribution in [2.75, 3.05) is 44.3 Å². The molecule has 1 fully saturated rings. The molecule has 3 rings (SSSR count). The third kappa shape index (κ3) is 3.32. The van der Waals surface area contributed by atoms with Crippen LogP contribution in [-0.4, -0.2) is 39.4 Å². The lowest BCUT2D eigenvalue weighted by atomic mass is 10.0. The van der Waals surface area contributed by atoms with Gasteiger partial charge in [0.1, 0.15) is 25.2 Å². The molecule has 1 aliphatic heterocycles. The number of rotatable bonds is 5. The Morgan fingerprint density at radius 3 is 2.54 bits per heavy atom. The maximum absolute atomic E-state index is 12.5. The average Bonchev–Trinajstić information content (AvgIpc) is 2.60. The molecule has 0 unspecified atom stereocenters. The average molecular weight is 331 g/mol. The number of quaternary nitrogens is 1. The molecule has 1 aromatic heterocycles. The van der Waals surface area contributed by atoms with E-state index in [9.17, 15) is 4.79 Å². The Kier molecular flexibility index (Phi) is 5.21. The van der Waals surface area contributed by atoms with E-state index >= 15 is 0 Å². The fraction of sp³-hybridized carbons (Fsp3) is 0.526.